The third-order valence-electron chi connectivity index (χ3n) is 6.32. The molecule has 32 heavy (non-hydrogen) atoms. The summed E-state index contributed by atoms with van der Waals surface area (Å²) in [6.45, 7) is 0. The van der Waals surface area contributed by atoms with Crippen molar-refractivity contribution >= 4 is 17.6 Å². The fourth-order valence-electron chi connectivity index (χ4n) is 4.09. The van der Waals surface area contributed by atoms with Crippen LogP contribution in [0.4, 0.5) is 14.5 Å². The van der Waals surface area contributed by atoms with Gasteiger partial charge in [0.1, 0.15) is 11.6 Å². The van der Waals surface area contributed by atoms with Gasteiger partial charge in [-0.2, -0.15) is 5.10 Å². The number of amides is 1. The van der Waals surface area contributed by atoms with Crippen LogP contribution in [0.15, 0.2) is 42.9 Å². The molecule has 0 atom stereocenters. The minimum Gasteiger partial charge on any atom is -0.478 e. The van der Waals surface area contributed by atoms with Gasteiger partial charge < -0.3 is 10.4 Å². The molecule has 164 valence electrons. The minimum atomic E-state index is -1.31. The van der Waals surface area contributed by atoms with E-state index in [1.54, 1.807) is 10.9 Å². The lowest BCUT2D eigenvalue weighted by atomic mass is 9.93. The van der Waals surface area contributed by atoms with Crippen molar-refractivity contribution < 1.29 is 23.5 Å². The van der Waals surface area contributed by atoms with Crippen molar-refractivity contribution in [1.29, 1.82) is 0 Å². The summed E-state index contributed by atoms with van der Waals surface area (Å²) in [5.41, 5.74) is -0.417. The zero-order valence-corrected chi connectivity index (χ0v) is 17.0. The largest absolute Gasteiger partial charge is 0.478 e. The van der Waals surface area contributed by atoms with Gasteiger partial charge in [0.15, 0.2) is 0 Å². The number of hydrogen-bond acceptors (Lipinski definition) is 4. The maximum atomic E-state index is 15.1. The van der Waals surface area contributed by atoms with Gasteiger partial charge in [0.05, 0.1) is 35.1 Å². The van der Waals surface area contributed by atoms with Crippen molar-refractivity contribution in [2.24, 2.45) is 0 Å². The summed E-state index contributed by atoms with van der Waals surface area (Å²) in [5.74, 6) is -3.02. The summed E-state index contributed by atoms with van der Waals surface area (Å²) >= 11 is 0. The van der Waals surface area contributed by atoms with Gasteiger partial charge in [-0.25, -0.2) is 13.6 Å². The molecular formula is C23H20F2N4O3. The monoisotopic (exact) mass is 438 g/mol. The Labute approximate surface area is 182 Å². The van der Waals surface area contributed by atoms with Crippen LogP contribution in [-0.4, -0.2) is 31.7 Å². The van der Waals surface area contributed by atoms with Crippen LogP contribution in [0.2, 0.25) is 0 Å². The number of nitrogens with zero attached hydrogens (tertiary/aromatic N) is 3. The number of benzene rings is 1. The number of aromatic carboxylic acids is 1. The van der Waals surface area contributed by atoms with E-state index in [9.17, 15) is 19.1 Å². The van der Waals surface area contributed by atoms with Gasteiger partial charge in [-0.3, -0.25) is 14.5 Å². The third-order valence-corrected chi connectivity index (χ3v) is 6.32. The Morgan fingerprint density at radius 1 is 1.16 bits per heavy atom. The summed E-state index contributed by atoms with van der Waals surface area (Å²) in [6.07, 6.45) is 8.29. The zero-order chi connectivity index (χ0) is 22.5. The molecule has 0 unspecified atom stereocenters. The molecule has 2 aliphatic carbocycles. The molecule has 0 aliphatic heterocycles. The quantitative estimate of drug-likeness (QED) is 0.598. The van der Waals surface area contributed by atoms with Gasteiger partial charge in [-0.1, -0.05) is 0 Å². The summed E-state index contributed by atoms with van der Waals surface area (Å²) in [5, 5.41) is 16.6. The van der Waals surface area contributed by atoms with E-state index in [1.807, 2.05) is 0 Å². The van der Waals surface area contributed by atoms with Crippen LogP contribution in [0.25, 0.3) is 11.1 Å². The number of pyridine rings is 1. The number of aromatic nitrogens is 3. The van der Waals surface area contributed by atoms with Crippen LogP contribution < -0.4 is 5.32 Å². The standard InChI is InChI=1S/C23H20F2N4O3/c24-14-4-5-19(26-11-14)23(6-7-23)22(32)28-15-8-17(21(30)31)20(18(25)9-15)13-10-27-29(12-13)16-2-1-3-16/h4-5,8-12,16H,1-3,6-7H2,(H,28,32)(H,30,31). The molecule has 2 heterocycles. The van der Waals surface area contributed by atoms with Crippen LogP contribution in [0.5, 0.6) is 0 Å². The number of carboxylic acids is 1. The van der Waals surface area contributed by atoms with Crippen molar-refractivity contribution in [3.8, 4) is 11.1 Å². The second-order valence-electron chi connectivity index (χ2n) is 8.38. The maximum absolute atomic E-state index is 15.1. The van der Waals surface area contributed by atoms with Gasteiger partial charge in [0.2, 0.25) is 5.91 Å². The maximum Gasteiger partial charge on any atom is 0.336 e. The average Bonchev–Trinajstić information content (AvgIpc) is 3.40. The lowest BCUT2D eigenvalue weighted by Crippen LogP contribution is -2.29. The molecule has 2 N–H and O–H groups in total. The fraction of sp³-hybridized carbons (Fsp3) is 0.304. The lowest BCUT2D eigenvalue weighted by molar-refractivity contribution is -0.118. The molecule has 0 saturated heterocycles. The second-order valence-corrected chi connectivity index (χ2v) is 8.38. The first kappa shape index (κ1) is 20.3. The van der Waals surface area contributed by atoms with Crippen LogP contribution in [0.1, 0.15) is 54.2 Å². The zero-order valence-electron chi connectivity index (χ0n) is 17.0. The Bertz CT molecular complexity index is 1210. The first-order valence-electron chi connectivity index (χ1n) is 10.4. The molecule has 2 aromatic heterocycles. The van der Waals surface area contributed by atoms with Gasteiger partial charge in [-0.15, -0.1) is 0 Å². The van der Waals surface area contributed by atoms with Gasteiger partial charge >= 0.3 is 5.97 Å². The van der Waals surface area contributed by atoms with Crippen molar-refractivity contribution in [3.05, 3.63) is 65.7 Å². The molecule has 1 aromatic carbocycles. The van der Waals surface area contributed by atoms with Crippen LogP contribution >= 0.6 is 0 Å². The van der Waals surface area contributed by atoms with Crippen molar-refractivity contribution in [1.82, 2.24) is 14.8 Å². The van der Waals surface area contributed by atoms with Gasteiger partial charge in [-0.05, 0) is 56.4 Å². The number of rotatable bonds is 6. The van der Waals surface area contributed by atoms with E-state index >= 15 is 4.39 Å². The van der Waals surface area contributed by atoms with E-state index in [0.29, 0.717) is 24.1 Å². The Kier molecular flexibility index (Phi) is 4.76. The highest BCUT2D eigenvalue weighted by atomic mass is 19.1. The predicted octanol–water partition coefficient (Wildman–Crippen LogP) is 4.32. The smallest absolute Gasteiger partial charge is 0.336 e. The highest BCUT2D eigenvalue weighted by Gasteiger charge is 2.52. The Balaban J connectivity index is 1.44. The fourth-order valence-corrected chi connectivity index (χ4v) is 4.09. The summed E-state index contributed by atoms with van der Waals surface area (Å²) < 4.78 is 30.0. The first-order chi connectivity index (χ1) is 15.4. The molecule has 5 rings (SSSR count). The molecule has 0 bridgehead atoms. The number of carbonyl (C=O) groups is 2. The van der Waals surface area contributed by atoms with Gasteiger partial charge in [0.25, 0.3) is 0 Å². The number of carboxylic acid groups (broad SMARTS) is 1. The molecule has 1 amide bonds. The molecule has 9 heteroatoms. The topological polar surface area (TPSA) is 97.1 Å². The van der Waals surface area contributed by atoms with E-state index in [2.05, 4.69) is 15.4 Å². The average molecular weight is 438 g/mol. The van der Waals surface area contributed by atoms with E-state index in [-0.39, 0.29) is 22.9 Å². The Morgan fingerprint density at radius 2 is 1.94 bits per heavy atom. The first-order valence-corrected chi connectivity index (χ1v) is 10.4. The van der Waals surface area contributed by atoms with Crippen LogP contribution in [0, 0.1) is 11.6 Å². The number of carbonyl (C=O) groups excluding carboxylic acids is 1. The van der Waals surface area contributed by atoms with Crippen molar-refractivity contribution in [3.63, 3.8) is 0 Å². The second kappa shape index (κ2) is 7.51. The number of halogens is 2. The predicted molar refractivity (Wildman–Crippen MR) is 111 cm³/mol. The molecule has 2 fully saturated rings. The van der Waals surface area contributed by atoms with Crippen molar-refractivity contribution in [2.75, 3.05) is 5.32 Å². The Morgan fingerprint density at radius 3 is 2.53 bits per heavy atom. The molecule has 2 saturated carbocycles. The number of nitrogens with one attached hydrogen (secondary N) is 1. The van der Waals surface area contributed by atoms with Crippen molar-refractivity contribution in [2.45, 2.75) is 43.6 Å². The molecule has 0 spiro atoms. The molecule has 0 radical (unpaired) electrons. The van der Waals surface area contributed by atoms with E-state index in [0.717, 1.165) is 31.5 Å². The van der Waals surface area contributed by atoms with Gasteiger partial charge in [0, 0.05) is 23.0 Å². The number of anilines is 1. The van der Waals surface area contributed by atoms with Crippen LogP contribution in [0.3, 0.4) is 0 Å². The molecule has 3 aromatic rings. The SMILES string of the molecule is O=C(O)c1cc(NC(=O)C2(c3ccc(F)cn3)CC2)cc(F)c1-c1cnn(C2CCC2)c1. The van der Waals surface area contributed by atoms with E-state index in [1.165, 1.54) is 24.4 Å². The Hall–Kier alpha value is -3.62. The summed E-state index contributed by atoms with van der Waals surface area (Å²) in [6, 6.07) is 5.29. The normalized spacial score (nSPS) is 16.9. The lowest BCUT2D eigenvalue weighted by Gasteiger charge is -2.25. The minimum absolute atomic E-state index is 0.0356. The third kappa shape index (κ3) is 3.43. The highest BCUT2D eigenvalue weighted by Crippen LogP contribution is 2.48. The molecular weight excluding hydrogens is 418 g/mol. The molecule has 2 aliphatic rings. The van der Waals surface area contributed by atoms with E-state index < -0.39 is 28.9 Å². The van der Waals surface area contributed by atoms with E-state index in [4.69, 9.17) is 0 Å². The summed E-state index contributed by atoms with van der Waals surface area (Å²) in [7, 11) is 0. The highest BCUT2D eigenvalue weighted by molar-refractivity contribution is 6.03. The number of hydrogen-bond donors (Lipinski definition) is 2. The summed E-state index contributed by atoms with van der Waals surface area (Å²) in [4.78, 5) is 28.8. The van der Waals surface area contributed by atoms with Crippen LogP contribution in [-0.2, 0) is 10.2 Å². The molecule has 7 nitrogen and oxygen atoms in total.